The van der Waals surface area contributed by atoms with E-state index in [4.69, 9.17) is 17.3 Å². The van der Waals surface area contributed by atoms with Crippen molar-refractivity contribution in [3.63, 3.8) is 0 Å². The molecule has 2 aromatic carbocycles. The summed E-state index contributed by atoms with van der Waals surface area (Å²) in [6.45, 7) is 3.92. The molecule has 0 aromatic heterocycles. The summed E-state index contributed by atoms with van der Waals surface area (Å²) in [7, 11) is 0. The molecule has 0 radical (unpaired) electrons. The second kappa shape index (κ2) is 8.18. The van der Waals surface area contributed by atoms with Crippen LogP contribution >= 0.6 is 27.5 Å². The molecule has 0 unspecified atom stereocenters. The van der Waals surface area contributed by atoms with Gasteiger partial charge in [0.05, 0.1) is 11.4 Å². The number of hydrogen-bond donors (Lipinski definition) is 2. The average molecular weight is 393 g/mol. The maximum Gasteiger partial charge on any atom is 0.0622 e. The standard InChI is InChI=1S/C18H19BrClN3/c1-12(18(21)11-14-3-7-16(20)8-4-14)13(2)22-23-17-9-5-15(19)6-10-17/h3-10,23H,11,21H2,1-2H3. The van der Waals surface area contributed by atoms with E-state index in [-0.39, 0.29) is 0 Å². The van der Waals surface area contributed by atoms with Crippen molar-refractivity contribution in [2.45, 2.75) is 20.3 Å². The number of halogens is 2. The molecule has 0 heterocycles. The zero-order valence-electron chi connectivity index (χ0n) is 13.1. The van der Waals surface area contributed by atoms with E-state index in [0.717, 1.165) is 37.7 Å². The van der Waals surface area contributed by atoms with Gasteiger partial charge in [-0.05, 0) is 61.4 Å². The highest BCUT2D eigenvalue weighted by molar-refractivity contribution is 9.10. The molecule has 2 rings (SSSR count). The first-order valence-corrected chi connectivity index (χ1v) is 8.38. The van der Waals surface area contributed by atoms with Crippen molar-refractivity contribution in [3.8, 4) is 0 Å². The molecule has 0 aliphatic heterocycles. The van der Waals surface area contributed by atoms with Gasteiger partial charge in [0.25, 0.3) is 0 Å². The molecule has 0 aliphatic carbocycles. The molecule has 23 heavy (non-hydrogen) atoms. The minimum Gasteiger partial charge on any atom is -0.401 e. The van der Waals surface area contributed by atoms with Gasteiger partial charge < -0.3 is 5.73 Å². The Labute approximate surface area is 150 Å². The van der Waals surface area contributed by atoms with Gasteiger partial charge in [0.2, 0.25) is 0 Å². The molecule has 0 fully saturated rings. The molecule has 0 aliphatic rings. The van der Waals surface area contributed by atoms with Crippen LogP contribution in [0.2, 0.25) is 5.02 Å². The minimum atomic E-state index is 0.675. The number of nitrogens with zero attached hydrogens (tertiary/aromatic N) is 1. The fourth-order valence-electron chi connectivity index (χ4n) is 1.94. The lowest BCUT2D eigenvalue weighted by Crippen LogP contribution is -2.10. The van der Waals surface area contributed by atoms with Crippen molar-refractivity contribution in [1.29, 1.82) is 0 Å². The van der Waals surface area contributed by atoms with Crippen LogP contribution in [0.1, 0.15) is 19.4 Å². The number of nitrogens with one attached hydrogen (secondary N) is 1. The van der Waals surface area contributed by atoms with E-state index in [1.54, 1.807) is 0 Å². The number of rotatable bonds is 5. The van der Waals surface area contributed by atoms with Crippen LogP contribution in [-0.4, -0.2) is 5.71 Å². The van der Waals surface area contributed by atoms with Gasteiger partial charge in [0.1, 0.15) is 0 Å². The lowest BCUT2D eigenvalue weighted by Gasteiger charge is -2.09. The number of anilines is 1. The number of hydrogen-bond acceptors (Lipinski definition) is 3. The first-order valence-electron chi connectivity index (χ1n) is 7.21. The maximum absolute atomic E-state index is 6.21. The molecule has 0 amide bonds. The van der Waals surface area contributed by atoms with Gasteiger partial charge in [-0.2, -0.15) is 5.10 Å². The van der Waals surface area contributed by atoms with Crippen molar-refractivity contribution < 1.29 is 0 Å². The molecule has 3 nitrogen and oxygen atoms in total. The van der Waals surface area contributed by atoms with E-state index in [1.165, 1.54) is 0 Å². The van der Waals surface area contributed by atoms with Gasteiger partial charge in [0, 0.05) is 21.6 Å². The molecular formula is C18H19BrClN3. The monoisotopic (exact) mass is 391 g/mol. The molecular weight excluding hydrogens is 374 g/mol. The van der Waals surface area contributed by atoms with Gasteiger partial charge in [-0.1, -0.05) is 39.7 Å². The van der Waals surface area contributed by atoms with Crippen LogP contribution in [0, 0.1) is 0 Å². The molecule has 0 saturated carbocycles. The maximum atomic E-state index is 6.21. The number of allylic oxidation sites excluding steroid dienone is 2. The van der Waals surface area contributed by atoms with Gasteiger partial charge in [-0.15, -0.1) is 0 Å². The highest BCUT2D eigenvalue weighted by Gasteiger charge is 2.04. The van der Waals surface area contributed by atoms with Crippen LogP contribution in [0.3, 0.4) is 0 Å². The van der Waals surface area contributed by atoms with Crippen molar-refractivity contribution in [3.05, 3.63) is 74.9 Å². The summed E-state index contributed by atoms with van der Waals surface area (Å²) in [5.41, 5.74) is 13.9. The Hall–Kier alpha value is -1.78. The van der Waals surface area contributed by atoms with Gasteiger partial charge >= 0.3 is 0 Å². The minimum absolute atomic E-state index is 0.675. The van der Waals surface area contributed by atoms with Crippen molar-refractivity contribution in [2.24, 2.45) is 10.8 Å². The number of benzene rings is 2. The Morgan fingerprint density at radius 2 is 1.70 bits per heavy atom. The Bertz CT molecular complexity index is 719. The SMILES string of the molecule is CC(=NNc1ccc(Br)cc1)C(C)=C(N)Cc1ccc(Cl)cc1. The summed E-state index contributed by atoms with van der Waals surface area (Å²) < 4.78 is 1.03. The molecule has 3 N–H and O–H groups in total. The zero-order chi connectivity index (χ0) is 16.8. The Morgan fingerprint density at radius 3 is 2.30 bits per heavy atom. The lowest BCUT2D eigenvalue weighted by molar-refractivity contribution is 1.08. The largest absolute Gasteiger partial charge is 0.401 e. The van der Waals surface area contributed by atoms with Crippen LogP contribution in [-0.2, 0) is 6.42 Å². The third-order valence-electron chi connectivity index (χ3n) is 3.53. The Morgan fingerprint density at radius 1 is 1.09 bits per heavy atom. The summed E-state index contributed by atoms with van der Waals surface area (Å²) in [4.78, 5) is 0. The number of nitrogens with two attached hydrogens (primary N) is 1. The first-order chi connectivity index (χ1) is 11.0. The van der Waals surface area contributed by atoms with E-state index in [1.807, 2.05) is 62.4 Å². The van der Waals surface area contributed by atoms with Crippen LogP contribution in [0.5, 0.6) is 0 Å². The van der Waals surface area contributed by atoms with Gasteiger partial charge in [-0.25, -0.2) is 0 Å². The predicted molar refractivity (Wildman–Crippen MR) is 103 cm³/mol. The topological polar surface area (TPSA) is 50.4 Å². The lowest BCUT2D eigenvalue weighted by atomic mass is 10.0. The third-order valence-corrected chi connectivity index (χ3v) is 4.31. The first kappa shape index (κ1) is 17.6. The van der Waals surface area contributed by atoms with Crippen molar-refractivity contribution in [2.75, 3.05) is 5.43 Å². The molecule has 5 heteroatoms. The molecule has 120 valence electrons. The van der Waals surface area contributed by atoms with Crippen molar-refractivity contribution >= 4 is 38.9 Å². The van der Waals surface area contributed by atoms with Crippen LogP contribution in [0.15, 0.2) is 69.4 Å². The van der Waals surface area contributed by atoms with Crippen LogP contribution in [0.25, 0.3) is 0 Å². The van der Waals surface area contributed by atoms with E-state index in [9.17, 15) is 0 Å². The van der Waals surface area contributed by atoms with Crippen LogP contribution in [0.4, 0.5) is 5.69 Å². The van der Waals surface area contributed by atoms with Crippen molar-refractivity contribution in [1.82, 2.24) is 0 Å². The number of hydrazone groups is 1. The van der Waals surface area contributed by atoms with E-state index < -0.39 is 0 Å². The quantitative estimate of drug-likeness (QED) is 0.531. The fourth-order valence-corrected chi connectivity index (χ4v) is 2.33. The highest BCUT2D eigenvalue weighted by atomic mass is 79.9. The average Bonchev–Trinajstić information content (AvgIpc) is 2.55. The zero-order valence-corrected chi connectivity index (χ0v) is 15.4. The van der Waals surface area contributed by atoms with Gasteiger partial charge in [0.15, 0.2) is 0 Å². The van der Waals surface area contributed by atoms with E-state index in [0.29, 0.717) is 6.42 Å². The second-order valence-corrected chi connectivity index (χ2v) is 6.62. The van der Waals surface area contributed by atoms with Crippen LogP contribution < -0.4 is 11.2 Å². The summed E-state index contributed by atoms with van der Waals surface area (Å²) in [6, 6.07) is 15.5. The molecule has 2 aromatic rings. The summed E-state index contributed by atoms with van der Waals surface area (Å²) in [5, 5.41) is 5.12. The van der Waals surface area contributed by atoms with Gasteiger partial charge in [-0.3, -0.25) is 5.43 Å². The normalized spacial score (nSPS) is 12.8. The Kier molecular flexibility index (Phi) is 6.25. The molecule has 0 saturated heterocycles. The fraction of sp³-hybridized carbons (Fsp3) is 0.167. The predicted octanol–water partition coefficient (Wildman–Crippen LogP) is 5.37. The third kappa shape index (κ3) is 5.41. The second-order valence-electron chi connectivity index (χ2n) is 5.27. The van der Waals surface area contributed by atoms with E-state index in [2.05, 4.69) is 26.5 Å². The summed E-state index contributed by atoms with van der Waals surface area (Å²) in [6.07, 6.45) is 0.675. The molecule has 0 atom stereocenters. The highest BCUT2D eigenvalue weighted by Crippen LogP contribution is 2.15. The smallest absolute Gasteiger partial charge is 0.0622 e. The van der Waals surface area contributed by atoms with E-state index >= 15 is 0 Å². The summed E-state index contributed by atoms with van der Waals surface area (Å²) in [5.74, 6) is 0. The summed E-state index contributed by atoms with van der Waals surface area (Å²) >= 11 is 9.30. The molecule has 0 spiro atoms. The Balaban J connectivity index is 2.06. The molecule has 0 bridgehead atoms.